The summed E-state index contributed by atoms with van der Waals surface area (Å²) in [5.74, 6) is 1.42. The van der Waals surface area contributed by atoms with E-state index in [9.17, 15) is 4.79 Å². The molecule has 0 spiro atoms. The zero-order chi connectivity index (χ0) is 18.9. The van der Waals surface area contributed by atoms with Gasteiger partial charge in [-0.15, -0.1) is 21.5 Å². The van der Waals surface area contributed by atoms with Crippen LogP contribution in [0, 0.1) is 0 Å². The van der Waals surface area contributed by atoms with Crippen LogP contribution in [0.15, 0.2) is 22.7 Å². The van der Waals surface area contributed by atoms with E-state index in [4.69, 9.17) is 0 Å². The van der Waals surface area contributed by atoms with E-state index in [2.05, 4.69) is 48.0 Å². The molecule has 0 unspecified atom stereocenters. The highest BCUT2D eigenvalue weighted by Gasteiger charge is 2.24. The summed E-state index contributed by atoms with van der Waals surface area (Å²) >= 11 is 3.13. The number of unbranched alkanes of at least 4 members (excludes halogenated alkanes) is 1. The van der Waals surface area contributed by atoms with Crippen LogP contribution in [0.4, 0.5) is 0 Å². The Kier molecular flexibility index (Phi) is 8.61. The molecule has 2 aromatic heterocycles. The number of amides is 1. The maximum atomic E-state index is 12.2. The molecule has 2 N–H and O–H groups in total. The number of quaternary nitrogens is 1. The van der Waals surface area contributed by atoms with Crippen LogP contribution in [-0.2, 0) is 17.9 Å². The number of nitrogens with one attached hydrogen (secondary N) is 2. The molecule has 0 radical (unpaired) electrons. The minimum absolute atomic E-state index is 0.0280. The third kappa shape index (κ3) is 5.82. The minimum atomic E-state index is 0.0280. The quantitative estimate of drug-likeness (QED) is 0.571. The number of carbonyl (C=O) groups is 1. The first-order chi connectivity index (χ1) is 12.6. The van der Waals surface area contributed by atoms with E-state index < -0.39 is 0 Å². The topological polar surface area (TPSA) is 64.2 Å². The summed E-state index contributed by atoms with van der Waals surface area (Å²) in [4.78, 5) is 14.7. The van der Waals surface area contributed by atoms with E-state index in [1.807, 2.05) is 17.5 Å². The van der Waals surface area contributed by atoms with Gasteiger partial charge in [-0.1, -0.05) is 38.1 Å². The number of carbonyl (C=O) groups excluding carboxylic acids is 1. The minimum Gasteiger partial charge on any atom is -0.350 e. The van der Waals surface area contributed by atoms with E-state index in [0.29, 0.717) is 18.3 Å². The molecule has 1 atom stereocenters. The van der Waals surface area contributed by atoms with Crippen LogP contribution in [-0.4, -0.2) is 40.5 Å². The van der Waals surface area contributed by atoms with Crippen molar-refractivity contribution in [2.24, 2.45) is 0 Å². The summed E-state index contributed by atoms with van der Waals surface area (Å²) in [5, 5.41) is 14.7. The van der Waals surface area contributed by atoms with Crippen LogP contribution in [0.3, 0.4) is 0 Å². The molecule has 0 bridgehead atoms. The number of thiophene rings is 1. The van der Waals surface area contributed by atoms with E-state index in [-0.39, 0.29) is 5.91 Å². The van der Waals surface area contributed by atoms with E-state index in [1.54, 1.807) is 11.3 Å². The van der Waals surface area contributed by atoms with Crippen molar-refractivity contribution in [1.29, 1.82) is 0 Å². The lowest BCUT2D eigenvalue weighted by Crippen LogP contribution is -3.06. The summed E-state index contributed by atoms with van der Waals surface area (Å²) in [5.41, 5.74) is 0. The fraction of sp³-hybridized carbons (Fsp3) is 0.611. The highest BCUT2D eigenvalue weighted by atomic mass is 32.2. The molecule has 0 saturated carbocycles. The molecule has 0 aromatic carbocycles. The first-order valence-corrected chi connectivity index (χ1v) is 11.1. The average molecular weight is 397 g/mol. The Hall–Kier alpha value is -1.38. The summed E-state index contributed by atoms with van der Waals surface area (Å²) in [6, 6.07) is 4.34. The van der Waals surface area contributed by atoms with Crippen molar-refractivity contribution in [3.05, 3.63) is 28.2 Å². The lowest BCUT2D eigenvalue weighted by atomic mass is 10.2. The van der Waals surface area contributed by atoms with Gasteiger partial charge in [0.1, 0.15) is 6.04 Å². The number of nitrogens with zero attached hydrogens (tertiary/aromatic N) is 3. The van der Waals surface area contributed by atoms with Crippen molar-refractivity contribution in [2.45, 2.75) is 57.4 Å². The van der Waals surface area contributed by atoms with Crippen molar-refractivity contribution in [2.75, 3.05) is 19.8 Å². The Morgan fingerprint density at radius 2 is 2.19 bits per heavy atom. The predicted octanol–water partition coefficient (Wildman–Crippen LogP) is 2.14. The van der Waals surface area contributed by atoms with Gasteiger partial charge in [0, 0.05) is 17.8 Å². The largest absolute Gasteiger partial charge is 0.350 e. The molecule has 0 aliphatic carbocycles. The number of hydrogen-bond acceptors (Lipinski definition) is 5. The zero-order valence-electron chi connectivity index (χ0n) is 16.1. The first kappa shape index (κ1) is 20.9. The molecular weight excluding hydrogens is 366 g/mol. The SMILES string of the molecule is CCCCn1c(SCC(=O)NCc2cccs2)nnc1[C@H](CC)[NH+](C)C. The van der Waals surface area contributed by atoms with Gasteiger partial charge in [-0.2, -0.15) is 0 Å². The Labute approximate surface area is 164 Å². The first-order valence-electron chi connectivity index (χ1n) is 9.21. The van der Waals surface area contributed by atoms with Gasteiger partial charge in [0.15, 0.2) is 11.0 Å². The second kappa shape index (κ2) is 10.7. The molecule has 0 fully saturated rings. The average Bonchev–Trinajstić information content (AvgIpc) is 3.27. The Morgan fingerprint density at radius 3 is 2.81 bits per heavy atom. The van der Waals surface area contributed by atoms with Gasteiger partial charge in [0.25, 0.3) is 0 Å². The molecule has 2 heterocycles. The van der Waals surface area contributed by atoms with Crippen LogP contribution < -0.4 is 10.2 Å². The predicted molar refractivity (Wildman–Crippen MR) is 108 cm³/mol. The normalized spacial score (nSPS) is 12.5. The number of hydrogen-bond donors (Lipinski definition) is 2. The number of thioether (sulfide) groups is 1. The van der Waals surface area contributed by atoms with Gasteiger partial charge in [-0.05, 0) is 17.9 Å². The van der Waals surface area contributed by atoms with Crippen LogP contribution in [0.5, 0.6) is 0 Å². The van der Waals surface area contributed by atoms with Crippen molar-refractivity contribution in [3.63, 3.8) is 0 Å². The van der Waals surface area contributed by atoms with Gasteiger partial charge in [-0.25, -0.2) is 0 Å². The molecule has 1 amide bonds. The van der Waals surface area contributed by atoms with Crippen molar-refractivity contribution in [1.82, 2.24) is 20.1 Å². The molecule has 0 aliphatic rings. The van der Waals surface area contributed by atoms with Crippen LogP contribution in [0.1, 0.15) is 49.9 Å². The second-order valence-corrected chi connectivity index (χ2v) is 8.50. The highest BCUT2D eigenvalue weighted by molar-refractivity contribution is 7.99. The molecule has 2 rings (SSSR count). The van der Waals surface area contributed by atoms with Gasteiger partial charge >= 0.3 is 0 Å². The van der Waals surface area contributed by atoms with Gasteiger partial charge < -0.3 is 14.8 Å². The summed E-state index contributed by atoms with van der Waals surface area (Å²) in [6.07, 6.45) is 3.22. The number of aromatic nitrogens is 3. The zero-order valence-corrected chi connectivity index (χ0v) is 17.8. The monoisotopic (exact) mass is 396 g/mol. The summed E-state index contributed by atoms with van der Waals surface area (Å²) in [6.45, 7) is 5.86. The second-order valence-electron chi connectivity index (χ2n) is 6.53. The van der Waals surface area contributed by atoms with Gasteiger partial charge in [-0.3, -0.25) is 4.79 Å². The summed E-state index contributed by atoms with van der Waals surface area (Å²) in [7, 11) is 4.30. The Balaban J connectivity index is 2.00. The molecule has 0 aliphatic heterocycles. The summed E-state index contributed by atoms with van der Waals surface area (Å²) < 4.78 is 2.21. The van der Waals surface area contributed by atoms with E-state index in [1.165, 1.54) is 16.7 Å². The Morgan fingerprint density at radius 1 is 1.38 bits per heavy atom. The van der Waals surface area contributed by atoms with Crippen LogP contribution >= 0.6 is 23.1 Å². The third-order valence-corrected chi connectivity index (χ3v) is 6.11. The molecular formula is C18H30N5OS2+. The van der Waals surface area contributed by atoms with Crippen molar-refractivity contribution in [3.8, 4) is 0 Å². The van der Waals surface area contributed by atoms with Crippen LogP contribution in [0.25, 0.3) is 0 Å². The highest BCUT2D eigenvalue weighted by Crippen LogP contribution is 2.21. The molecule has 0 saturated heterocycles. The van der Waals surface area contributed by atoms with E-state index in [0.717, 1.165) is 41.7 Å². The fourth-order valence-corrected chi connectivity index (χ4v) is 4.27. The molecule has 2 aromatic rings. The van der Waals surface area contributed by atoms with Crippen molar-refractivity contribution < 1.29 is 9.69 Å². The standard InChI is InChI=1S/C18H29N5OS2/c1-5-7-10-23-17(15(6-2)22(3)4)20-21-18(23)26-13-16(24)19-12-14-9-8-11-25-14/h8-9,11,15H,5-7,10,12-13H2,1-4H3,(H,19,24)/p+1/t15-/m0/s1. The molecule has 6 nitrogen and oxygen atoms in total. The lowest BCUT2D eigenvalue weighted by Gasteiger charge is -2.20. The smallest absolute Gasteiger partial charge is 0.230 e. The van der Waals surface area contributed by atoms with Gasteiger partial charge in [0.2, 0.25) is 5.91 Å². The molecule has 26 heavy (non-hydrogen) atoms. The number of rotatable bonds is 11. The molecule has 144 valence electrons. The van der Waals surface area contributed by atoms with Gasteiger partial charge in [0.05, 0.1) is 26.4 Å². The van der Waals surface area contributed by atoms with Crippen LogP contribution in [0.2, 0.25) is 0 Å². The maximum Gasteiger partial charge on any atom is 0.230 e. The fourth-order valence-electron chi connectivity index (χ4n) is 2.82. The lowest BCUT2D eigenvalue weighted by molar-refractivity contribution is -0.893. The Bertz CT molecular complexity index is 669. The van der Waals surface area contributed by atoms with E-state index >= 15 is 0 Å². The maximum absolute atomic E-state index is 12.2. The third-order valence-electron chi connectivity index (χ3n) is 4.27. The van der Waals surface area contributed by atoms with Crippen molar-refractivity contribution >= 4 is 29.0 Å². The molecule has 8 heteroatoms.